The second-order valence-corrected chi connectivity index (χ2v) is 5.31. The minimum Gasteiger partial charge on any atom is -0.477 e. The van der Waals surface area contributed by atoms with Crippen molar-refractivity contribution < 1.29 is 14.3 Å². The number of carbonyl (C=O) groups is 1. The Morgan fingerprint density at radius 2 is 2.18 bits per heavy atom. The molecule has 0 amide bonds. The van der Waals surface area contributed by atoms with Crippen LogP contribution in [0.2, 0.25) is 0 Å². The molecule has 0 saturated heterocycles. The number of pyridine rings is 2. The van der Waals surface area contributed by atoms with Crippen LogP contribution >= 0.6 is 0 Å². The summed E-state index contributed by atoms with van der Waals surface area (Å²) < 4.78 is 15.1. The van der Waals surface area contributed by atoms with E-state index >= 15 is 0 Å². The number of rotatable bonds is 6. The smallest absolute Gasteiger partial charge is 0.341 e. The summed E-state index contributed by atoms with van der Waals surface area (Å²) in [4.78, 5) is 27.5. The summed E-state index contributed by atoms with van der Waals surface area (Å²) in [5.41, 5.74) is -0.717. The summed E-state index contributed by atoms with van der Waals surface area (Å²) in [5.74, 6) is -1.96. The molecule has 1 unspecified atom stereocenters. The molecule has 1 atom stereocenters. The van der Waals surface area contributed by atoms with E-state index < -0.39 is 17.2 Å². The molecule has 0 fully saturated rings. The fraction of sp³-hybridized carbons (Fsp3) is 0.438. The van der Waals surface area contributed by atoms with Crippen LogP contribution in [0.3, 0.4) is 0 Å². The van der Waals surface area contributed by atoms with Crippen LogP contribution in [0.4, 0.5) is 4.39 Å². The number of carboxylic acids is 1. The lowest BCUT2D eigenvalue weighted by Gasteiger charge is -2.21. The Balaban J connectivity index is 2.73. The SMILES string of the molecule is CCCCC(CC)n1cc(C(=O)O)c(=O)c2cc(F)cnc21. The van der Waals surface area contributed by atoms with Crippen LogP contribution in [-0.2, 0) is 0 Å². The molecule has 0 bridgehead atoms. The van der Waals surface area contributed by atoms with Crippen LogP contribution < -0.4 is 5.43 Å². The lowest BCUT2D eigenvalue weighted by molar-refractivity contribution is 0.0694. The molecule has 1 N–H and O–H groups in total. The molecular weight excluding hydrogens is 287 g/mol. The van der Waals surface area contributed by atoms with Gasteiger partial charge in [-0.15, -0.1) is 0 Å². The van der Waals surface area contributed by atoms with Crippen molar-refractivity contribution in [3.8, 4) is 0 Å². The highest BCUT2D eigenvalue weighted by atomic mass is 19.1. The van der Waals surface area contributed by atoms with E-state index in [-0.39, 0.29) is 17.0 Å². The maximum Gasteiger partial charge on any atom is 0.341 e. The fourth-order valence-electron chi connectivity index (χ4n) is 2.62. The molecule has 0 radical (unpaired) electrons. The van der Waals surface area contributed by atoms with Gasteiger partial charge in [0.2, 0.25) is 5.43 Å². The van der Waals surface area contributed by atoms with Gasteiger partial charge in [-0.25, -0.2) is 14.2 Å². The normalized spacial score (nSPS) is 12.5. The second kappa shape index (κ2) is 6.68. The van der Waals surface area contributed by atoms with E-state index in [0.29, 0.717) is 5.65 Å². The van der Waals surface area contributed by atoms with Crippen molar-refractivity contribution in [2.45, 2.75) is 45.6 Å². The number of hydrogen-bond donors (Lipinski definition) is 1. The van der Waals surface area contributed by atoms with Gasteiger partial charge in [-0.05, 0) is 18.9 Å². The minimum atomic E-state index is -1.31. The van der Waals surface area contributed by atoms with Gasteiger partial charge in [-0.2, -0.15) is 0 Å². The molecule has 0 aliphatic rings. The van der Waals surface area contributed by atoms with Crippen LogP contribution in [0.5, 0.6) is 0 Å². The number of halogens is 1. The molecule has 0 aromatic carbocycles. The molecule has 118 valence electrons. The van der Waals surface area contributed by atoms with E-state index in [9.17, 15) is 19.1 Å². The third-order valence-corrected chi connectivity index (χ3v) is 3.82. The summed E-state index contributed by atoms with van der Waals surface area (Å²) in [7, 11) is 0. The first-order chi connectivity index (χ1) is 10.5. The van der Waals surface area contributed by atoms with Crippen molar-refractivity contribution in [1.82, 2.24) is 9.55 Å². The standard InChI is InChI=1S/C16H19FN2O3/c1-3-5-6-11(4-2)19-9-13(16(21)22)14(20)12-7-10(17)8-18-15(12)19/h7-9,11H,3-6H2,1-2H3,(H,21,22). The van der Waals surface area contributed by atoms with E-state index in [1.54, 1.807) is 4.57 Å². The second-order valence-electron chi connectivity index (χ2n) is 5.31. The monoisotopic (exact) mass is 306 g/mol. The Morgan fingerprint density at radius 1 is 1.45 bits per heavy atom. The van der Waals surface area contributed by atoms with Gasteiger partial charge < -0.3 is 9.67 Å². The summed E-state index contributed by atoms with van der Waals surface area (Å²) in [6.07, 6.45) is 6.00. The molecule has 2 aromatic rings. The highest BCUT2D eigenvalue weighted by Gasteiger charge is 2.19. The summed E-state index contributed by atoms with van der Waals surface area (Å²) in [5, 5.41) is 9.23. The number of aromatic carboxylic acids is 1. The molecule has 0 spiro atoms. The fourth-order valence-corrected chi connectivity index (χ4v) is 2.62. The minimum absolute atomic E-state index is 0.00912. The molecule has 0 aliphatic carbocycles. The number of aromatic nitrogens is 2. The molecule has 2 heterocycles. The van der Waals surface area contributed by atoms with Gasteiger partial charge in [-0.1, -0.05) is 26.7 Å². The van der Waals surface area contributed by atoms with Crippen molar-refractivity contribution in [1.29, 1.82) is 0 Å². The van der Waals surface area contributed by atoms with E-state index in [1.807, 2.05) is 6.92 Å². The van der Waals surface area contributed by atoms with E-state index in [0.717, 1.165) is 37.9 Å². The number of fused-ring (bicyclic) bond motifs is 1. The first-order valence-electron chi connectivity index (χ1n) is 7.43. The van der Waals surface area contributed by atoms with Gasteiger partial charge >= 0.3 is 5.97 Å². The molecule has 2 rings (SSSR count). The summed E-state index contributed by atoms with van der Waals surface area (Å²) in [6.45, 7) is 4.07. The predicted molar refractivity (Wildman–Crippen MR) is 81.8 cm³/mol. The summed E-state index contributed by atoms with van der Waals surface area (Å²) >= 11 is 0. The van der Waals surface area contributed by atoms with Crippen molar-refractivity contribution in [3.05, 3.63) is 40.1 Å². The molecular formula is C16H19FN2O3. The van der Waals surface area contributed by atoms with Crippen LogP contribution in [0.15, 0.2) is 23.3 Å². The largest absolute Gasteiger partial charge is 0.477 e. The molecule has 0 saturated carbocycles. The van der Waals surface area contributed by atoms with Gasteiger partial charge in [0.1, 0.15) is 17.0 Å². The number of hydrogen-bond acceptors (Lipinski definition) is 3. The zero-order valence-corrected chi connectivity index (χ0v) is 12.7. The van der Waals surface area contributed by atoms with Crippen LogP contribution in [0.1, 0.15) is 55.9 Å². The highest BCUT2D eigenvalue weighted by molar-refractivity contribution is 5.91. The number of carboxylic acid groups (broad SMARTS) is 1. The maximum absolute atomic E-state index is 13.4. The summed E-state index contributed by atoms with van der Waals surface area (Å²) in [6, 6.07) is 1.08. The highest BCUT2D eigenvalue weighted by Crippen LogP contribution is 2.23. The average Bonchev–Trinajstić information content (AvgIpc) is 2.49. The van der Waals surface area contributed by atoms with E-state index in [1.165, 1.54) is 6.20 Å². The third kappa shape index (κ3) is 3.00. The molecule has 6 heteroatoms. The Kier molecular flexibility index (Phi) is 4.90. The van der Waals surface area contributed by atoms with Crippen LogP contribution in [0.25, 0.3) is 11.0 Å². The number of nitrogens with zero attached hydrogens (tertiary/aromatic N) is 2. The van der Waals surface area contributed by atoms with Gasteiger partial charge in [0.25, 0.3) is 0 Å². The van der Waals surface area contributed by atoms with E-state index in [2.05, 4.69) is 11.9 Å². The number of unbranched alkanes of at least 4 members (excludes halogenated alkanes) is 1. The first kappa shape index (κ1) is 16.1. The zero-order valence-electron chi connectivity index (χ0n) is 12.7. The third-order valence-electron chi connectivity index (χ3n) is 3.82. The maximum atomic E-state index is 13.4. The molecule has 22 heavy (non-hydrogen) atoms. The molecule has 5 nitrogen and oxygen atoms in total. The Bertz CT molecular complexity index is 755. The topological polar surface area (TPSA) is 72.2 Å². The van der Waals surface area contributed by atoms with Gasteiger partial charge in [0.15, 0.2) is 0 Å². The van der Waals surface area contributed by atoms with E-state index in [4.69, 9.17) is 0 Å². The van der Waals surface area contributed by atoms with Crippen molar-refractivity contribution in [2.24, 2.45) is 0 Å². The van der Waals surface area contributed by atoms with Crippen molar-refractivity contribution >= 4 is 17.0 Å². The molecule has 2 aromatic heterocycles. The Labute approximate surface area is 127 Å². The Morgan fingerprint density at radius 3 is 2.77 bits per heavy atom. The average molecular weight is 306 g/mol. The Hall–Kier alpha value is -2.24. The van der Waals surface area contributed by atoms with Crippen molar-refractivity contribution in [2.75, 3.05) is 0 Å². The van der Waals surface area contributed by atoms with Gasteiger partial charge in [0.05, 0.1) is 11.6 Å². The first-order valence-corrected chi connectivity index (χ1v) is 7.43. The quantitative estimate of drug-likeness (QED) is 0.888. The molecule has 0 aliphatic heterocycles. The lowest BCUT2D eigenvalue weighted by Crippen LogP contribution is -2.22. The lowest BCUT2D eigenvalue weighted by atomic mass is 10.1. The van der Waals surface area contributed by atoms with Crippen molar-refractivity contribution in [3.63, 3.8) is 0 Å². The van der Waals surface area contributed by atoms with Crippen LogP contribution in [0, 0.1) is 5.82 Å². The van der Waals surface area contributed by atoms with Crippen LogP contribution in [-0.4, -0.2) is 20.6 Å². The van der Waals surface area contributed by atoms with Gasteiger partial charge in [0, 0.05) is 12.2 Å². The van der Waals surface area contributed by atoms with Gasteiger partial charge in [-0.3, -0.25) is 4.79 Å². The predicted octanol–water partition coefficient (Wildman–Crippen LogP) is 3.38. The zero-order chi connectivity index (χ0) is 16.3.